The highest BCUT2D eigenvalue weighted by Crippen LogP contribution is 2.08. The van der Waals surface area contributed by atoms with Crippen LogP contribution in [0.3, 0.4) is 0 Å². The number of pyridine rings is 1. The second-order valence-electron chi connectivity index (χ2n) is 3.57. The minimum absolute atomic E-state index is 0.687. The van der Waals surface area contributed by atoms with Crippen LogP contribution < -0.4 is 0 Å². The van der Waals surface area contributed by atoms with Crippen LogP contribution in [0, 0.1) is 0 Å². The molecular formula is C12H18N2O. The molecule has 0 aliphatic heterocycles. The molecule has 0 radical (unpaired) electrons. The zero-order chi connectivity index (χ0) is 10.9. The summed E-state index contributed by atoms with van der Waals surface area (Å²) in [6.07, 6.45) is 7.21. The van der Waals surface area contributed by atoms with E-state index in [4.69, 9.17) is 5.21 Å². The van der Waals surface area contributed by atoms with Crippen molar-refractivity contribution in [2.24, 2.45) is 5.16 Å². The summed E-state index contributed by atoms with van der Waals surface area (Å²) in [7, 11) is 0. The van der Waals surface area contributed by atoms with Crippen LogP contribution in [-0.2, 0) is 0 Å². The SMILES string of the molecule is CCCCCCC(=NO)c1ccccn1. The molecule has 0 aromatic carbocycles. The molecule has 0 amide bonds. The fraction of sp³-hybridized carbons (Fsp3) is 0.500. The van der Waals surface area contributed by atoms with E-state index < -0.39 is 0 Å². The average Bonchev–Trinajstić information content (AvgIpc) is 2.30. The van der Waals surface area contributed by atoms with Gasteiger partial charge < -0.3 is 5.21 Å². The third kappa shape index (κ3) is 4.11. The molecule has 1 aromatic heterocycles. The van der Waals surface area contributed by atoms with E-state index in [1.807, 2.05) is 18.2 Å². The van der Waals surface area contributed by atoms with Crippen LogP contribution in [0.2, 0.25) is 0 Å². The molecule has 0 aliphatic rings. The third-order valence-corrected chi connectivity index (χ3v) is 2.35. The van der Waals surface area contributed by atoms with Crippen LogP contribution in [0.25, 0.3) is 0 Å². The summed E-state index contributed by atoms with van der Waals surface area (Å²) < 4.78 is 0. The maximum absolute atomic E-state index is 8.88. The van der Waals surface area contributed by atoms with Crippen LogP contribution in [0.15, 0.2) is 29.6 Å². The lowest BCUT2D eigenvalue weighted by Gasteiger charge is -2.02. The molecule has 3 nitrogen and oxygen atoms in total. The van der Waals surface area contributed by atoms with Crippen molar-refractivity contribution in [1.29, 1.82) is 0 Å². The summed E-state index contributed by atoms with van der Waals surface area (Å²) in [6, 6.07) is 5.63. The molecule has 0 atom stereocenters. The van der Waals surface area contributed by atoms with Crippen molar-refractivity contribution in [2.45, 2.75) is 39.0 Å². The van der Waals surface area contributed by atoms with Crippen LogP contribution >= 0.6 is 0 Å². The van der Waals surface area contributed by atoms with Gasteiger partial charge >= 0.3 is 0 Å². The fourth-order valence-electron chi connectivity index (χ4n) is 1.48. The first-order valence-electron chi connectivity index (χ1n) is 5.50. The maximum Gasteiger partial charge on any atom is 0.105 e. The molecule has 1 N–H and O–H groups in total. The van der Waals surface area contributed by atoms with E-state index in [2.05, 4.69) is 17.1 Å². The number of rotatable bonds is 6. The normalized spacial score (nSPS) is 11.7. The molecular weight excluding hydrogens is 188 g/mol. The minimum Gasteiger partial charge on any atom is -0.411 e. The molecule has 15 heavy (non-hydrogen) atoms. The van der Waals surface area contributed by atoms with Gasteiger partial charge in [0.15, 0.2) is 0 Å². The quantitative estimate of drug-likeness (QED) is 0.336. The molecule has 1 aromatic rings. The van der Waals surface area contributed by atoms with Crippen molar-refractivity contribution >= 4 is 5.71 Å². The topological polar surface area (TPSA) is 45.5 Å². The molecule has 0 aliphatic carbocycles. The van der Waals surface area contributed by atoms with Crippen LogP contribution in [0.1, 0.15) is 44.7 Å². The first kappa shape index (κ1) is 11.7. The zero-order valence-corrected chi connectivity index (χ0v) is 9.19. The van der Waals surface area contributed by atoms with Crippen molar-refractivity contribution in [1.82, 2.24) is 4.98 Å². The van der Waals surface area contributed by atoms with Crippen LogP contribution in [0.5, 0.6) is 0 Å². The Morgan fingerprint density at radius 2 is 2.20 bits per heavy atom. The molecule has 0 fully saturated rings. The molecule has 0 saturated carbocycles. The Kier molecular flexibility index (Phi) is 5.44. The van der Waals surface area contributed by atoms with Gasteiger partial charge in [0.25, 0.3) is 0 Å². The second kappa shape index (κ2) is 6.98. The first-order chi connectivity index (χ1) is 7.38. The van der Waals surface area contributed by atoms with E-state index in [1.54, 1.807) is 6.20 Å². The van der Waals surface area contributed by atoms with E-state index in [0.29, 0.717) is 5.71 Å². The number of aromatic nitrogens is 1. The highest BCUT2D eigenvalue weighted by atomic mass is 16.4. The fourth-order valence-corrected chi connectivity index (χ4v) is 1.48. The Bertz CT molecular complexity index is 296. The van der Waals surface area contributed by atoms with Crippen LogP contribution in [-0.4, -0.2) is 15.9 Å². The summed E-state index contributed by atoms with van der Waals surface area (Å²) >= 11 is 0. The highest BCUT2D eigenvalue weighted by molar-refractivity contribution is 5.98. The summed E-state index contributed by atoms with van der Waals surface area (Å²) in [4.78, 5) is 4.16. The van der Waals surface area contributed by atoms with Gasteiger partial charge in [-0.15, -0.1) is 0 Å². The standard InChI is InChI=1S/C12H18N2O/c1-2-3-4-5-9-12(14-15)11-8-6-7-10-13-11/h6-8,10,15H,2-5,9H2,1H3. The highest BCUT2D eigenvalue weighted by Gasteiger charge is 2.04. The Morgan fingerprint density at radius 1 is 1.33 bits per heavy atom. The van der Waals surface area contributed by atoms with Gasteiger partial charge in [0.2, 0.25) is 0 Å². The van der Waals surface area contributed by atoms with Crippen LogP contribution in [0.4, 0.5) is 0 Å². The summed E-state index contributed by atoms with van der Waals surface area (Å²) in [5.74, 6) is 0. The summed E-state index contributed by atoms with van der Waals surface area (Å²) in [6.45, 7) is 2.18. The number of hydrogen-bond donors (Lipinski definition) is 1. The molecule has 3 heteroatoms. The van der Waals surface area contributed by atoms with Gasteiger partial charge in [-0.3, -0.25) is 4.98 Å². The van der Waals surface area contributed by atoms with Crippen molar-refractivity contribution in [2.75, 3.05) is 0 Å². The van der Waals surface area contributed by atoms with Crippen molar-refractivity contribution in [3.05, 3.63) is 30.1 Å². The van der Waals surface area contributed by atoms with E-state index in [0.717, 1.165) is 18.5 Å². The number of oxime groups is 1. The Balaban J connectivity index is 2.44. The van der Waals surface area contributed by atoms with Crippen molar-refractivity contribution in [3.63, 3.8) is 0 Å². The smallest absolute Gasteiger partial charge is 0.105 e. The number of hydrogen-bond acceptors (Lipinski definition) is 3. The molecule has 0 unspecified atom stereocenters. The van der Waals surface area contributed by atoms with Gasteiger partial charge in [-0.1, -0.05) is 37.4 Å². The van der Waals surface area contributed by atoms with E-state index in [1.165, 1.54) is 19.3 Å². The summed E-state index contributed by atoms with van der Waals surface area (Å²) in [5.41, 5.74) is 1.46. The molecule has 0 bridgehead atoms. The predicted octanol–water partition coefficient (Wildman–Crippen LogP) is 3.23. The first-order valence-corrected chi connectivity index (χ1v) is 5.50. The summed E-state index contributed by atoms with van der Waals surface area (Å²) in [5, 5.41) is 12.2. The number of unbranched alkanes of at least 4 members (excludes halogenated alkanes) is 3. The van der Waals surface area contributed by atoms with Gasteiger partial charge in [-0.2, -0.15) is 0 Å². The van der Waals surface area contributed by atoms with Crippen molar-refractivity contribution < 1.29 is 5.21 Å². The monoisotopic (exact) mass is 206 g/mol. The lowest BCUT2D eigenvalue weighted by Crippen LogP contribution is -2.03. The molecule has 82 valence electrons. The largest absolute Gasteiger partial charge is 0.411 e. The van der Waals surface area contributed by atoms with Gasteiger partial charge in [0.1, 0.15) is 5.71 Å². The van der Waals surface area contributed by atoms with Gasteiger partial charge in [-0.25, -0.2) is 0 Å². The van der Waals surface area contributed by atoms with Gasteiger partial charge in [0, 0.05) is 6.20 Å². The Labute approximate surface area is 90.8 Å². The molecule has 1 rings (SSSR count). The van der Waals surface area contributed by atoms with Gasteiger partial charge in [-0.05, 0) is 25.0 Å². The Hall–Kier alpha value is -1.38. The zero-order valence-electron chi connectivity index (χ0n) is 9.19. The second-order valence-corrected chi connectivity index (χ2v) is 3.57. The molecule has 0 spiro atoms. The van der Waals surface area contributed by atoms with Crippen molar-refractivity contribution in [3.8, 4) is 0 Å². The Morgan fingerprint density at radius 3 is 2.80 bits per heavy atom. The molecule has 0 saturated heterocycles. The van der Waals surface area contributed by atoms with E-state index >= 15 is 0 Å². The lowest BCUT2D eigenvalue weighted by molar-refractivity contribution is 0.317. The van der Waals surface area contributed by atoms with Gasteiger partial charge in [0.05, 0.1) is 5.69 Å². The average molecular weight is 206 g/mol. The van der Waals surface area contributed by atoms with E-state index in [-0.39, 0.29) is 0 Å². The number of nitrogens with zero attached hydrogens (tertiary/aromatic N) is 2. The predicted molar refractivity (Wildman–Crippen MR) is 61.3 cm³/mol. The maximum atomic E-state index is 8.88. The third-order valence-electron chi connectivity index (χ3n) is 2.35. The molecule has 1 heterocycles. The van der Waals surface area contributed by atoms with E-state index in [9.17, 15) is 0 Å². The minimum atomic E-state index is 0.687. The lowest BCUT2D eigenvalue weighted by atomic mass is 10.1.